The molecule has 4 heteroatoms. The Hall–Kier alpha value is -2.20. The van der Waals surface area contributed by atoms with Gasteiger partial charge in [0.05, 0.1) is 6.61 Å². The van der Waals surface area contributed by atoms with Crippen molar-refractivity contribution in [3.05, 3.63) is 65.0 Å². The number of nitrogens with one attached hydrogen (secondary N) is 1. The SMILES string of the molecule is CCOCc1ccccc1NC(=O)c1ccc(F)c(C)c1. The molecule has 1 N–H and O–H groups in total. The van der Waals surface area contributed by atoms with Crippen LogP contribution < -0.4 is 5.32 Å². The lowest BCUT2D eigenvalue weighted by Crippen LogP contribution is -2.14. The molecule has 0 fully saturated rings. The van der Waals surface area contributed by atoms with Gasteiger partial charge in [-0.3, -0.25) is 4.79 Å². The molecule has 0 bridgehead atoms. The average Bonchev–Trinajstić information content (AvgIpc) is 2.49. The summed E-state index contributed by atoms with van der Waals surface area (Å²) in [5.41, 5.74) is 2.50. The summed E-state index contributed by atoms with van der Waals surface area (Å²) in [5, 5.41) is 2.84. The predicted octanol–water partition coefficient (Wildman–Crippen LogP) is 3.92. The zero-order valence-electron chi connectivity index (χ0n) is 12.2. The topological polar surface area (TPSA) is 38.3 Å². The van der Waals surface area contributed by atoms with E-state index in [1.165, 1.54) is 18.2 Å². The molecule has 0 heterocycles. The minimum atomic E-state index is -0.316. The summed E-state index contributed by atoms with van der Waals surface area (Å²) in [7, 11) is 0. The Morgan fingerprint density at radius 1 is 1.24 bits per heavy atom. The zero-order valence-corrected chi connectivity index (χ0v) is 12.2. The minimum Gasteiger partial charge on any atom is -0.377 e. The molecular formula is C17H18FNO2. The number of hydrogen-bond acceptors (Lipinski definition) is 2. The van der Waals surface area contributed by atoms with Gasteiger partial charge in [-0.2, -0.15) is 0 Å². The van der Waals surface area contributed by atoms with Crippen molar-refractivity contribution in [3.63, 3.8) is 0 Å². The largest absolute Gasteiger partial charge is 0.377 e. The molecule has 0 saturated carbocycles. The first kappa shape index (κ1) is 15.2. The Morgan fingerprint density at radius 2 is 2.00 bits per heavy atom. The van der Waals surface area contributed by atoms with Crippen LogP contribution in [0.4, 0.5) is 10.1 Å². The van der Waals surface area contributed by atoms with E-state index in [-0.39, 0.29) is 11.7 Å². The number of benzene rings is 2. The van der Waals surface area contributed by atoms with Gasteiger partial charge in [0.1, 0.15) is 5.82 Å². The third-order valence-corrected chi connectivity index (χ3v) is 3.15. The molecule has 0 aliphatic rings. The predicted molar refractivity (Wildman–Crippen MR) is 80.9 cm³/mol. The van der Waals surface area contributed by atoms with E-state index in [0.717, 1.165) is 5.56 Å². The maximum absolute atomic E-state index is 13.2. The molecule has 1 amide bonds. The maximum atomic E-state index is 13.2. The standard InChI is InChI=1S/C17H18FNO2/c1-3-21-11-14-6-4-5-7-16(14)19-17(20)13-8-9-15(18)12(2)10-13/h4-10H,3,11H2,1-2H3,(H,19,20). The van der Waals surface area contributed by atoms with E-state index < -0.39 is 0 Å². The van der Waals surface area contributed by atoms with E-state index in [4.69, 9.17) is 4.74 Å². The average molecular weight is 287 g/mol. The van der Waals surface area contributed by atoms with E-state index in [0.29, 0.717) is 30.0 Å². The third kappa shape index (κ3) is 3.89. The van der Waals surface area contributed by atoms with Gasteiger partial charge in [-0.25, -0.2) is 4.39 Å². The van der Waals surface area contributed by atoms with Gasteiger partial charge in [0.25, 0.3) is 5.91 Å². The molecule has 21 heavy (non-hydrogen) atoms. The van der Waals surface area contributed by atoms with E-state index in [2.05, 4.69) is 5.32 Å². The van der Waals surface area contributed by atoms with Crippen LogP contribution in [0.25, 0.3) is 0 Å². The highest BCUT2D eigenvalue weighted by atomic mass is 19.1. The van der Waals surface area contributed by atoms with Gasteiger partial charge >= 0.3 is 0 Å². The summed E-state index contributed by atoms with van der Waals surface area (Å²) in [6.07, 6.45) is 0. The fourth-order valence-corrected chi connectivity index (χ4v) is 1.96. The molecule has 2 aromatic carbocycles. The van der Waals surface area contributed by atoms with E-state index in [1.807, 2.05) is 31.2 Å². The Balaban J connectivity index is 2.17. The summed E-state index contributed by atoms with van der Waals surface area (Å²) in [6, 6.07) is 11.8. The van der Waals surface area contributed by atoms with Crippen LogP contribution in [0, 0.1) is 12.7 Å². The number of ether oxygens (including phenoxy) is 1. The molecule has 0 saturated heterocycles. The summed E-state index contributed by atoms with van der Waals surface area (Å²) in [5.74, 6) is -0.578. The lowest BCUT2D eigenvalue weighted by molar-refractivity contribution is 0.102. The summed E-state index contributed by atoms with van der Waals surface area (Å²) >= 11 is 0. The van der Waals surface area contributed by atoms with Crippen LogP contribution in [-0.4, -0.2) is 12.5 Å². The molecule has 110 valence electrons. The highest BCUT2D eigenvalue weighted by Crippen LogP contribution is 2.18. The number of rotatable bonds is 5. The van der Waals surface area contributed by atoms with Gasteiger partial charge in [-0.05, 0) is 43.7 Å². The zero-order chi connectivity index (χ0) is 15.2. The van der Waals surface area contributed by atoms with Crippen LogP contribution in [0.1, 0.15) is 28.4 Å². The van der Waals surface area contributed by atoms with Crippen LogP contribution in [0.2, 0.25) is 0 Å². The number of anilines is 1. The van der Waals surface area contributed by atoms with Crippen molar-refractivity contribution in [2.24, 2.45) is 0 Å². The van der Waals surface area contributed by atoms with Crippen molar-refractivity contribution < 1.29 is 13.9 Å². The number of halogens is 1. The first-order chi connectivity index (χ1) is 10.1. The molecule has 0 spiro atoms. The van der Waals surface area contributed by atoms with Crippen molar-refractivity contribution >= 4 is 11.6 Å². The second-order valence-corrected chi connectivity index (χ2v) is 4.71. The Bertz CT molecular complexity index is 640. The number of amides is 1. The molecule has 0 aliphatic carbocycles. The molecule has 0 aromatic heterocycles. The molecule has 0 atom stereocenters. The van der Waals surface area contributed by atoms with Gasteiger partial charge in [0.2, 0.25) is 0 Å². The smallest absolute Gasteiger partial charge is 0.255 e. The van der Waals surface area contributed by atoms with E-state index in [1.54, 1.807) is 6.92 Å². The minimum absolute atomic E-state index is 0.262. The quantitative estimate of drug-likeness (QED) is 0.905. The van der Waals surface area contributed by atoms with Crippen molar-refractivity contribution in [1.29, 1.82) is 0 Å². The van der Waals surface area contributed by atoms with Crippen molar-refractivity contribution in [3.8, 4) is 0 Å². The second kappa shape index (κ2) is 6.99. The van der Waals surface area contributed by atoms with Crippen molar-refractivity contribution in [2.45, 2.75) is 20.5 Å². The van der Waals surface area contributed by atoms with Crippen molar-refractivity contribution in [1.82, 2.24) is 0 Å². The molecular weight excluding hydrogens is 269 g/mol. The fraction of sp³-hybridized carbons (Fsp3) is 0.235. The van der Waals surface area contributed by atoms with Gasteiger partial charge < -0.3 is 10.1 Å². The second-order valence-electron chi connectivity index (χ2n) is 4.71. The van der Waals surface area contributed by atoms with Crippen LogP contribution in [-0.2, 0) is 11.3 Å². The van der Waals surface area contributed by atoms with Gasteiger partial charge in [0, 0.05) is 23.4 Å². The van der Waals surface area contributed by atoms with Crippen molar-refractivity contribution in [2.75, 3.05) is 11.9 Å². The van der Waals surface area contributed by atoms with E-state index >= 15 is 0 Å². The number of aryl methyl sites for hydroxylation is 1. The van der Waals surface area contributed by atoms with E-state index in [9.17, 15) is 9.18 Å². The number of para-hydroxylation sites is 1. The molecule has 3 nitrogen and oxygen atoms in total. The fourth-order valence-electron chi connectivity index (χ4n) is 1.96. The first-order valence-electron chi connectivity index (χ1n) is 6.85. The first-order valence-corrected chi connectivity index (χ1v) is 6.85. The van der Waals surface area contributed by atoms with Crippen LogP contribution in [0.3, 0.4) is 0 Å². The van der Waals surface area contributed by atoms with Crippen LogP contribution in [0.5, 0.6) is 0 Å². The van der Waals surface area contributed by atoms with Gasteiger partial charge in [-0.15, -0.1) is 0 Å². The molecule has 2 rings (SSSR count). The lowest BCUT2D eigenvalue weighted by atomic mass is 10.1. The van der Waals surface area contributed by atoms with Crippen LogP contribution in [0.15, 0.2) is 42.5 Å². The normalized spacial score (nSPS) is 10.4. The molecule has 0 unspecified atom stereocenters. The van der Waals surface area contributed by atoms with Gasteiger partial charge in [-0.1, -0.05) is 18.2 Å². The lowest BCUT2D eigenvalue weighted by Gasteiger charge is -2.11. The maximum Gasteiger partial charge on any atom is 0.255 e. The number of hydrogen-bond donors (Lipinski definition) is 1. The molecule has 2 aromatic rings. The number of carbonyl (C=O) groups is 1. The highest BCUT2D eigenvalue weighted by molar-refractivity contribution is 6.04. The Labute approximate surface area is 123 Å². The molecule has 0 radical (unpaired) electrons. The Kier molecular flexibility index (Phi) is 5.06. The summed E-state index contributed by atoms with van der Waals surface area (Å²) in [6.45, 7) is 4.60. The Morgan fingerprint density at radius 3 is 2.71 bits per heavy atom. The summed E-state index contributed by atoms with van der Waals surface area (Å²) < 4.78 is 18.6. The molecule has 0 aliphatic heterocycles. The van der Waals surface area contributed by atoms with Gasteiger partial charge in [0.15, 0.2) is 0 Å². The van der Waals surface area contributed by atoms with Crippen LogP contribution >= 0.6 is 0 Å². The monoisotopic (exact) mass is 287 g/mol. The third-order valence-electron chi connectivity index (χ3n) is 3.15. The highest BCUT2D eigenvalue weighted by Gasteiger charge is 2.10. The number of carbonyl (C=O) groups excluding carboxylic acids is 1. The summed E-state index contributed by atoms with van der Waals surface area (Å²) in [4.78, 5) is 12.2.